The van der Waals surface area contributed by atoms with Crippen molar-refractivity contribution in [2.75, 3.05) is 33.7 Å². The van der Waals surface area contributed by atoms with E-state index in [1.165, 1.54) is 38.5 Å². The quantitative estimate of drug-likeness (QED) is 0.801. The molecule has 19 heavy (non-hydrogen) atoms. The first-order valence-electron chi connectivity index (χ1n) is 7.94. The summed E-state index contributed by atoms with van der Waals surface area (Å²) in [5, 5.41) is 3.63. The topological polar surface area (TPSA) is 24.5 Å². The number of rotatable bonds is 6. The standard InChI is InChI=1S/C16H32N2O/c1-15(2,13-18(3)4)12-17-11-14-7-10-16(19-14)8-5-6-9-16/h14,17H,5-13H2,1-4H3. The molecule has 0 aromatic heterocycles. The van der Waals surface area contributed by atoms with Crippen molar-refractivity contribution in [1.29, 1.82) is 0 Å². The Morgan fingerprint density at radius 2 is 1.89 bits per heavy atom. The zero-order valence-electron chi connectivity index (χ0n) is 13.3. The Balaban J connectivity index is 1.66. The fourth-order valence-electron chi connectivity index (χ4n) is 3.91. The minimum absolute atomic E-state index is 0.283. The van der Waals surface area contributed by atoms with Crippen LogP contribution in [0.15, 0.2) is 0 Å². The van der Waals surface area contributed by atoms with E-state index < -0.39 is 0 Å². The Kier molecular flexibility index (Phi) is 4.91. The van der Waals surface area contributed by atoms with Crippen molar-refractivity contribution in [2.24, 2.45) is 5.41 Å². The van der Waals surface area contributed by atoms with E-state index in [0.717, 1.165) is 19.6 Å². The van der Waals surface area contributed by atoms with Crippen molar-refractivity contribution < 1.29 is 4.74 Å². The second-order valence-electron chi connectivity index (χ2n) is 7.70. The summed E-state index contributed by atoms with van der Waals surface area (Å²) in [4.78, 5) is 2.27. The highest BCUT2D eigenvalue weighted by Crippen LogP contribution is 2.43. The number of nitrogens with zero attached hydrogens (tertiary/aromatic N) is 1. The number of hydrogen-bond donors (Lipinski definition) is 1. The van der Waals surface area contributed by atoms with Gasteiger partial charge >= 0.3 is 0 Å². The molecule has 1 spiro atoms. The second kappa shape index (κ2) is 6.11. The summed E-state index contributed by atoms with van der Waals surface area (Å²) >= 11 is 0. The lowest BCUT2D eigenvalue weighted by Gasteiger charge is -2.29. The molecule has 0 bridgehead atoms. The second-order valence-corrected chi connectivity index (χ2v) is 7.70. The van der Waals surface area contributed by atoms with Gasteiger partial charge in [-0.05, 0) is 45.2 Å². The third kappa shape index (κ3) is 4.44. The van der Waals surface area contributed by atoms with Gasteiger partial charge in [-0.1, -0.05) is 26.7 Å². The molecule has 3 nitrogen and oxygen atoms in total. The maximum absolute atomic E-state index is 6.33. The molecule has 1 aliphatic heterocycles. The van der Waals surface area contributed by atoms with Crippen LogP contribution in [0.25, 0.3) is 0 Å². The van der Waals surface area contributed by atoms with Gasteiger partial charge in [0, 0.05) is 19.6 Å². The van der Waals surface area contributed by atoms with Gasteiger partial charge in [0.15, 0.2) is 0 Å². The van der Waals surface area contributed by atoms with Crippen molar-refractivity contribution in [3.05, 3.63) is 0 Å². The van der Waals surface area contributed by atoms with Crippen LogP contribution in [0.2, 0.25) is 0 Å². The average molecular weight is 268 g/mol. The molecule has 0 radical (unpaired) electrons. The van der Waals surface area contributed by atoms with Crippen molar-refractivity contribution >= 4 is 0 Å². The van der Waals surface area contributed by atoms with Crippen molar-refractivity contribution in [3.8, 4) is 0 Å². The normalized spacial score (nSPS) is 26.7. The van der Waals surface area contributed by atoms with Gasteiger partial charge < -0.3 is 15.0 Å². The van der Waals surface area contributed by atoms with Crippen LogP contribution in [0.5, 0.6) is 0 Å². The van der Waals surface area contributed by atoms with Gasteiger partial charge in [-0.15, -0.1) is 0 Å². The highest BCUT2D eigenvalue weighted by Gasteiger charge is 2.41. The van der Waals surface area contributed by atoms with Gasteiger partial charge in [0.05, 0.1) is 11.7 Å². The predicted octanol–water partition coefficient (Wildman–Crippen LogP) is 2.66. The summed E-state index contributed by atoms with van der Waals surface area (Å²) in [7, 11) is 4.29. The smallest absolute Gasteiger partial charge is 0.0708 e. The lowest BCUT2D eigenvalue weighted by atomic mass is 9.93. The SMILES string of the molecule is CN(C)CC(C)(C)CNCC1CCC2(CCCC2)O1. The maximum Gasteiger partial charge on any atom is 0.0708 e. The number of ether oxygens (including phenoxy) is 1. The largest absolute Gasteiger partial charge is 0.370 e. The summed E-state index contributed by atoms with van der Waals surface area (Å²) in [5.74, 6) is 0. The van der Waals surface area contributed by atoms with E-state index in [2.05, 4.69) is 38.2 Å². The summed E-state index contributed by atoms with van der Waals surface area (Å²) in [6.45, 7) is 7.87. The molecule has 2 aliphatic rings. The minimum atomic E-state index is 0.283. The molecule has 1 heterocycles. The molecule has 3 heteroatoms. The Morgan fingerprint density at radius 3 is 2.53 bits per heavy atom. The summed E-state index contributed by atoms with van der Waals surface area (Å²) in [6, 6.07) is 0. The first-order valence-corrected chi connectivity index (χ1v) is 7.94. The Bertz CT molecular complexity index is 282. The fraction of sp³-hybridized carbons (Fsp3) is 1.00. The van der Waals surface area contributed by atoms with Crippen molar-refractivity contribution in [2.45, 2.75) is 64.1 Å². The molecule has 0 amide bonds. The summed E-state index contributed by atoms with van der Waals surface area (Å²) in [6.07, 6.45) is 8.34. The molecule has 112 valence electrons. The van der Waals surface area contributed by atoms with E-state index in [1.807, 2.05) is 0 Å². The Hall–Kier alpha value is -0.120. The molecule has 1 N–H and O–H groups in total. The third-order valence-corrected chi connectivity index (χ3v) is 4.57. The highest BCUT2D eigenvalue weighted by molar-refractivity contribution is 4.93. The Morgan fingerprint density at radius 1 is 1.21 bits per heavy atom. The van der Waals surface area contributed by atoms with Gasteiger partial charge in [-0.25, -0.2) is 0 Å². The van der Waals surface area contributed by atoms with Crippen molar-refractivity contribution in [1.82, 2.24) is 10.2 Å². The predicted molar refractivity (Wildman–Crippen MR) is 80.5 cm³/mol. The lowest BCUT2D eigenvalue weighted by Crippen LogP contribution is -2.40. The zero-order chi connectivity index (χ0) is 13.9. The van der Waals surface area contributed by atoms with E-state index in [0.29, 0.717) is 11.5 Å². The molecule has 0 aromatic rings. The first kappa shape index (κ1) is 15.3. The van der Waals surface area contributed by atoms with Crippen LogP contribution >= 0.6 is 0 Å². The maximum atomic E-state index is 6.33. The highest BCUT2D eigenvalue weighted by atomic mass is 16.5. The van der Waals surface area contributed by atoms with Gasteiger partial charge in [-0.3, -0.25) is 0 Å². The molecule has 0 aromatic carbocycles. The monoisotopic (exact) mass is 268 g/mol. The molecule has 1 saturated heterocycles. The van der Waals surface area contributed by atoms with Gasteiger partial charge in [0.1, 0.15) is 0 Å². The summed E-state index contributed by atoms with van der Waals surface area (Å²) in [5.41, 5.74) is 0.610. The zero-order valence-corrected chi connectivity index (χ0v) is 13.3. The fourth-order valence-corrected chi connectivity index (χ4v) is 3.91. The number of hydrogen-bond acceptors (Lipinski definition) is 3. The van der Waals surface area contributed by atoms with Crippen LogP contribution in [0.3, 0.4) is 0 Å². The van der Waals surface area contributed by atoms with Gasteiger partial charge in [0.25, 0.3) is 0 Å². The minimum Gasteiger partial charge on any atom is -0.370 e. The molecule has 1 atom stereocenters. The van der Waals surface area contributed by atoms with E-state index in [9.17, 15) is 0 Å². The van der Waals surface area contributed by atoms with Crippen LogP contribution in [0, 0.1) is 5.41 Å². The average Bonchev–Trinajstić information content (AvgIpc) is 2.88. The van der Waals surface area contributed by atoms with Crippen LogP contribution in [-0.2, 0) is 4.74 Å². The van der Waals surface area contributed by atoms with Crippen LogP contribution in [-0.4, -0.2) is 50.3 Å². The summed E-state index contributed by atoms with van der Waals surface area (Å²) < 4.78 is 6.33. The molecule has 2 rings (SSSR count). The first-order chi connectivity index (χ1) is 8.91. The van der Waals surface area contributed by atoms with E-state index in [4.69, 9.17) is 4.74 Å². The third-order valence-electron chi connectivity index (χ3n) is 4.57. The molecule has 1 saturated carbocycles. The van der Waals surface area contributed by atoms with Gasteiger partial charge in [0.2, 0.25) is 0 Å². The van der Waals surface area contributed by atoms with E-state index >= 15 is 0 Å². The number of nitrogens with one attached hydrogen (secondary N) is 1. The van der Waals surface area contributed by atoms with Crippen LogP contribution < -0.4 is 5.32 Å². The molecular weight excluding hydrogens is 236 g/mol. The van der Waals surface area contributed by atoms with Gasteiger partial charge in [-0.2, -0.15) is 0 Å². The Labute approximate surface area is 119 Å². The molecule has 1 unspecified atom stereocenters. The van der Waals surface area contributed by atoms with Crippen LogP contribution in [0.1, 0.15) is 52.4 Å². The van der Waals surface area contributed by atoms with Crippen molar-refractivity contribution in [3.63, 3.8) is 0 Å². The van der Waals surface area contributed by atoms with E-state index in [-0.39, 0.29) is 5.60 Å². The molecular formula is C16H32N2O. The molecule has 2 fully saturated rings. The molecule has 1 aliphatic carbocycles. The van der Waals surface area contributed by atoms with Crippen LogP contribution in [0.4, 0.5) is 0 Å². The lowest BCUT2D eigenvalue weighted by molar-refractivity contribution is -0.0356. The van der Waals surface area contributed by atoms with E-state index in [1.54, 1.807) is 0 Å².